The second-order valence-corrected chi connectivity index (χ2v) is 6.94. The van der Waals surface area contributed by atoms with Gasteiger partial charge >= 0.3 is 0 Å². The summed E-state index contributed by atoms with van der Waals surface area (Å²) in [4.78, 5) is 25.3. The fourth-order valence-electron chi connectivity index (χ4n) is 2.76. The van der Waals surface area contributed by atoms with Crippen LogP contribution in [0.25, 0.3) is 5.69 Å². The van der Waals surface area contributed by atoms with Gasteiger partial charge in [-0.2, -0.15) is 5.21 Å². The van der Waals surface area contributed by atoms with E-state index in [2.05, 4.69) is 20.8 Å². The van der Waals surface area contributed by atoms with Crippen molar-refractivity contribution in [2.24, 2.45) is 0 Å². The zero-order valence-corrected chi connectivity index (χ0v) is 16.9. The van der Waals surface area contributed by atoms with Gasteiger partial charge < -0.3 is 25.2 Å². The van der Waals surface area contributed by atoms with Gasteiger partial charge in [0.25, 0.3) is 0 Å². The predicted molar refractivity (Wildman–Crippen MR) is 110 cm³/mol. The van der Waals surface area contributed by atoms with Crippen LogP contribution in [0, 0.1) is 4.77 Å². The van der Waals surface area contributed by atoms with Gasteiger partial charge in [-0.05, 0) is 54.7 Å². The van der Waals surface area contributed by atoms with Crippen LogP contribution in [-0.2, 0) is 9.59 Å². The quantitative estimate of drug-likeness (QED) is 0.425. The van der Waals surface area contributed by atoms with Crippen molar-refractivity contribution in [1.82, 2.24) is 20.2 Å². The van der Waals surface area contributed by atoms with E-state index in [1.54, 1.807) is 48.5 Å². The highest BCUT2D eigenvalue weighted by Crippen LogP contribution is 2.21. The van der Waals surface area contributed by atoms with Crippen LogP contribution >= 0.6 is 23.8 Å². The summed E-state index contributed by atoms with van der Waals surface area (Å²) in [6.45, 7) is -1.09. The molecule has 0 aliphatic carbocycles. The highest BCUT2D eigenvalue weighted by atomic mass is 35.5. The fraction of sp³-hybridized carbons (Fsp3) is 0.167. The van der Waals surface area contributed by atoms with Gasteiger partial charge in [0, 0.05) is 16.4 Å². The number of rotatable bonds is 8. The van der Waals surface area contributed by atoms with E-state index in [0.29, 0.717) is 22.1 Å². The van der Waals surface area contributed by atoms with Crippen molar-refractivity contribution in [3.05, 3.63) is 58.3 Å². The third-order valence-electron chi connectivity index (χ3n) is 4.15. The zero-order chi connectivity index (χ0) is 21.7. The molecule has 0 bridgehead atoms. The number of hydrogen-bond acceptors (Lipinski definition) is 8. The maximum Gasteiger partial charge on any atom is 0.243 e. The summed E-state index contributed by atoms with van der Waals surface area (Å²) in [5.41, 5.74) is 1.43. The average molecular weight is 448 g/mol. The number of H-pyrrole nitrogens is 1. The number of amides is 1. The number of carbonyl (C=O) groups excluding carboxylic acids is 2. The van der Waals surface area contributed by atoms with Gasteiger partial charge in [-0.15, -0.1) is 0 Å². The summed E-state index contributed by atoms with van der Waals surface area (Å²) in [6.07, 6.45) is 0. The smallest absolute Gasteiger partial charge is 0.243 e. The molecule has 3 N–H and O–H groups in total. The molecule has 0 spiro atoms. The molecular weight excluding hydrogens is 432 g/mol. The first-order chi connectivity index (χ1) is 14.4. The number of halogens is 1. The normalized spacial score (nSPS) is 11.7. The largest absolute Gasteiger partial charge is 0.548 e. The molecule has 2 aromatic carbocycles. The number of aliphatic hydroxyl groups excluding tert-OH is 1. The van der Waals surface area contributed by atoms with Gasteiger partial charge in [0.05, 0.1) is 30.9 Å². The number of nitrogens with one attached hydrogen (secondary N) is 2. The van der Waals surface area contributed by atoms with E-state index in [1.807, 2.05) is 0 Å². The Morgan fingerprint density at radius 2 is 2.03 bits per heavy atom. The molecular formula is C18H16ClN6O4S-. The number of aliphatic hydroxyl groups is 1. The summed E-state index contributed by atoms with van der Waals surface area (Å²) < 4.78 is 1.66. The topological polar surface area (TPSA) is 139 Å². The number of carbonyl (C=O) groups is 2. The Hall–Kier alpha value is -3.28. The molecule has 0 saturated heterocycles. The molecule has 1 atom stereocenters. The lowest BCUT2D eigenvalue weighted by Gasteiger charge is -2.32. The lowest BCUT2D eigenvalue weighted by molar-refractivity contribution is -0.308. The van der Waals surface area contributed by atoms with Gasteiger partial charge in [-0.1, -0.05) is 28.0 Å². The number of aliphatic carboxylic acids is 1. The third kappa shape index (κ3) is 5.00. The molecule has 1 unspecified atom stereocenters. The van der Waals surface area contributed by atoms with Crippen molar-refractivity contribution < 1.29 is 19.8 Å². The highest BCUT2D eigenvalue weighted by molar-refractivity contribution is 7.71. The van der Waals surface area contributed by atoms with Gasteiger partial charge in [0.15, 0.2) is 0 Å². The number of tetrazole rings is 1. The second-order valence-electron chi connectivity index (χ2n) is 6.14. The first-order valence-corrected chi connectivity index (χ1v) is 9.42. The lowest BCUT2D eigenvalue weighted by atomic mass is 10.2. The number of carboxylic acids is 1. The number of carboxylic acid groups (broad SMARTS) is 1. The molecule has 3 aromatic rings. The number of nitrogens with zero attached hydrogens (tertiary/aromatic N) is 4. The van der Waals surface area contributed by atoms with Crippen molar-refractivity contribution >= 4 is 47.1 Å². The third-order valence-corrected chi connectivity index (χ3v) is 4.67. The molecule has 0 radical (unpaired) electrons. The predicted octanol–water partition coefficient (Wildman–Crippen LogP) is 0.534. The number of hydrogen-bond donors (Lipinski definition) is 3. The first-order valence-electron chi connectivity index (χ1n) is 8.63. The summed E-state index contributed by atoms with van der Waals surface area (Å²) in [5.74, 6) is -2.02. The second kappa shape index (κ2) is 9.48. The van der Waals surface area contributed by atoms with E-state index in [0.717, 1.165) is 0 Å². The highest BCUT2D eigenvalue weighted by Gasteiger charge is 2.22. The number of anilines is 2. The van der Waals surface area contributed by atoms with Crippen LogP contribution in [0.4, 0.5) is 11.4 Å². The minimum Gasteiger partial charge on any atom is -0.548 e. The molecule has 0 aliphatic rings. The van der Waals surface area contributed by atoms with Crippen LogP contribution in [0.3, 0.4) is 0 Å². The molecule has 12 heteroatoms. The van der Waals surface area contributed by atoms with Crippen LogP contribution in [0.1, 0.15) is 0 Å². The van der Waals surface area contributed by atoms with Crippen molar-refractivity contribution in [2.75, 3.05) is 23.4 Å². The first kappa shape index (κ1) is 21.4. The Balaban J connectivity index is 1.81. The summed E-state index contributed by atoms with van der Waals surface area (Å²) in [5, 5.41) is 34.0. The van der Waals surface area contributed by atoms with E-state index in [9.17, 15) is 19.8 Å². The molecule has 156 valence electrons. The minimum absolute atomic E-state index is 0.215. The van der Waals surface area contributed by atoms with E-state index in [1.165, 1.54) is 9.58 Å². The van der Waals surface area contributed by atoms with Gasteiger partial charge in [-0.25, -0.2) is 4.68 Å². The van der Waals surface area contributed by atoms with E-state index in [4.69, 9.17) is 23.8 Å². The van der Waals surface area contributed by atoms with E-state index >= 15 is 0 Å². The molecule has 1 amide bonds. The Kier molecular flexibility index (Phi) is 6.77. The summed E-state index contributed by atoms with van der Waals surface area (Å²) in [7, 11) is 0. The molecule has 10 nitrogen and oxygen atoms in total. The van der Waals surface area contributed by atoms with Crippen LogP contribution in [0.5, 0.6) is 0 Å². The molecule has 0 fully saturated rings. The molecule has 0 saturated carbocycles. The summed E-state index contributed by atoms with van der Waals surface area (Å²) in [6, 6.07) is 11.5. The van der Waals surface area contributed by atoms with Crippen LogP contribution in [0.2, 0.25) is 5.02 Å². The molecule has 1 heterocycles. The fourth-order valence-corrected chi connectivity index (χ4v) is 3.07. The van der Waals surface area contributed by atoms with Crippen molar-refractivity contribution in [3.63, 3.8) is 0 Å². The number of aromatic nitrogens is 4. The monoisotopic (exact) mass is 447 g/mol. The average Bonchev–Trinajstić information content (AvgIpc) is 3.14. The van der Waals surface area contributed by atoms with Crippen molar-refractivity contribution in [3.8, 4) is 5.69 Å². The van der Waals surface area contributed by atoms with Crippen LogP contribution < -0.4 is 15.3 Å². The molecule has 30 heavy (non-hydrogen) atoms. The molecule has 0 aliphatic heterocycles. The lowest BCUT2D eigenvalue weighted by Crippen LogP contribution is -2.52. The van der Waals surface area contributed by atoms with Crippen LogP contribution in [0.15, 0.2) is 48.5 Å². The Morgan fingerprint density at radius 3 is 2.63 bits per heavy atom. The van der Waals surface area contributed by atoms with E-state index in [-0.39, 0.29) is 11.3 Å². The van der Waals surface area contributed by atoms with Gasteiger partial charge in [0.1, 0.15) is 0 Å². The van der Waals surface area contributed by atoms with Crippen molar-refractivity contribution in [2.45, 2.75) is 6.04 Å². The number of aromatic amines is 1. The van der Waals surface area contributed by atoms with E-state index < -0.39 is 24.5 Å². The maximum atomic E-state index is 12.6. The minimum atomic E-state index is -1.51. The summed E-state index contributed by atoms with van der Waals surface area (Å²) >= 11 is 10.9. The van der Waals surface area contributed by atoms with Crippen LogP contribution in [-0.4, -0.2) is 56.4 Å². The standard InChI is InChI=1S/C18H17ClN6O4S/c19-11-4-6-13(7-5-11)24(15(10-26)17(28)29)9-16(27)20-12-2-1-3-14(8-12)25-18(30)21-22-23-25/h1-8,15,26H,9-10H2,(H,20,27)(H,28,29)(H,21,23,30)/p-1. The Labute approximate surface area is 180 Å². The van der Waals surface area contributed by atoms with Gasteiger partial charge in [0.2, 0.25) is 10.7 Å². The Bertz CT molecular complexity index is 1100. The zero-order valence-electron chi connectivity index (χ0n) is 15.4. The van der Waals surface area contributed by atoms with Crippen molar-refractivity contribution in [1.29, 1.82) is 0 Å². The van der Waals surface area contributed by atoms with Gasteiger partial charge in [-0.3, -0.25) is 4.79 Å². The number of benzene rings is 2. The molecule has 1 aromatic heterocycles. The maximum absolute atomic E-state index is 12.6. The Morgan fingerprint density at radius 1 is 1.30 bits per heavy atom. The SMILES string of the molecule is O=C(CN(c1ccc(Cl)cc1)C(CO)C(=O)[O-])Nc1cccc(-n2[nH]nnc2=S)c1. The molecule has 3 rings (SSSR count).